The van der Waals surface area contributed by atoms with Gasteiger partial charge in [0.05, 0.1) is 6.54 Å². The number of hydrogen-bond acceptors (Lipinski definition) is 9. The van der Waals surface area contributed by atoms with E-state index in [9.17, 15) is 9.59 Å². The maximum absolute atomic E-state index is 11.7. The van der Waals surface area contributed by atoms with Gasteiger partial charge in [0.25, 0.3) is 0 Å². The van der Waals surface area contributed by atoms with Crippen LogP contribution >= 0.6 is 0 Å². The number of amides is 1. The molecule has 0 bridgehead atoms. The molecule has 0 saturated heterocycles. The molecule has 0 saturated carbocycles. The Hall–Kier alpha value is -3.37. The van der Waals surface area contributed by atoms with Crippen molar-refractivity contribution in [2.75, 3.05) is 17.6 Å². The van der Waals surface area contributed by atoms with Gasteiger partial charge in [-0.25, -0.2) is 9.78 Å². The molecule has 1 heterocycles. The molecule has 0 radical (unpaired) electrons. The van der Waals surface area contributed by atoms with Crippen LogP contribution < -0.4 is 27.3 Å². The van der Waals surface area contributed by atoms with E-state index in [1.54, 1.807) is 24.3 Å². The summed E-state index contributed by atoms with van der Waals surface area (Å²) in [4.78, 5) is 26.9. The first kappa shape index (κ1) is 19.0. The van der Waals surface area contributed by atoms with E-state index in [4.69, 9.17) is 21.9 Å². The molecule has 136 valence electrons. The zero-order valence-corrected chi connectivity index (χ0v) is 14.0. The molecule has 26 heavy (non-hydrogen) atoms. The number of nitrogens with one attached hydrogen (secondary N) is 1. The first-order chi connectivity index (χ1) is 12.4. The molecule has 7 N–H and O–H groups in total. The molecule has 0 fully saturated rings. The predicted molar refractivity (Wildman–Crippen MR) is 96.2 cm³/mol. The number of nitrogens with zero attached hydrogens (tertiary/aromatic N) is 3. The Morgan fingerprint density at radius 3 is 2.54 bits per heavy atom. The molecule has 0 unspecified atom stereocenters. The fourth-order valence-corrected chi connectivity index (χ4v) is 1.75. The molecule has 2 rings (SSSR count). The van der Waals surface area contributed by atoms with E-state index >= 15 is 0 Å². The van der Waals surface area contributed by atoms with Gasteiger partial charge in [-0.15, -0.1) is 10.2 Å². The fraction of sp³-hybridized carbons (Fsp3) is 0.188. The molecule has 0 aliphatic heterocycles. The van der Waals surface area contributed by atoms with Crippen molar-refractivity contribution in [2.24, 2.45) is 21.7 Å². The summed E-state index contributed by atoms with van der Waals surface area (Å²) in [7, 11) is 0. The third kappa shape index (κ3) is 5.06. The number of carbonyl (C=O) groups excluding carboxylic acids is 2. The number of anilines is 2. The van der Waals surface area contributed by atoms with E-state index in [0.717, 1.165) is 0 Å². The van der Waals surface area contributed by atoms with Gasteiger partial charge in [0.2, 0.25) is 5.91 Å². The maximum Gasteiger partial charge on any atom is 0.328 e. The SMILES string of the molecule is C[C@H](N)C(=O)Oc1ccccc1/N=N/c1ccc(NC(=O)CN)nc1N. The van der Waals surface area contributed by atoms with Crippen molar-refractivity contribution < 1.29 is 14.3 Å². The number of nitrogens with two attached hydrogens (primary N) is 3. The Balaban J connectivity index is 2.20. The standard InChI is InChI=1S/C16H19N7O3/c1-9(18)16(25)26-12-5-3-2-4-10(12)22-23-11-6-7-13(21-15(11)19)20-14(24)8-17/h2-7,9H,8,17-18H2,1H3,(H3,19,20,21,24)/b23-22+/t9-/m0/s1. The second kappa shape index (κ2) is 8.65. The molecule has 0 aliphatic carbocycles. The molecular formula is C16H19N7O3. The van der Waals surface area contributed by atoms with Crippen molar-refractivity contribution in [2.45, 2.75) is 13.0 Å². The lowest BCUT2D eigenvalue weighted by molar-refractivity contribution is -0.135. The highest BCUT2D eigenvalue weighted by Crippen LogP contribution is 2.30. The molecule has 2 aromatic rings. The van der Waals surface area contributed by atoms with Crippen LogP contribution in [0.5, 0.6) is 5.75 Å². The number of benzene rings is 1. The Bertz CT molecular complexity index is 836. The highest BCUT2D eigenvalue weighted by molar-refractivity contribution is 5.91. The van der Waals surface area contributed by atoms with Gasteiger partial charge in [-0.05, 0) is 31.2 Å². The van der Waals surface area contributed by atoms with Crippen LogP contribution in [0, 0.1) is 0 Å². The highest BCUT2D eigenvalue weighted by atomic mass is 16.5. The van der Waals surface area contributed by atoms with Crippen LogP contribution in [0.15, 0.2) is 46.6 Å². The molecule has 0 aliphatic rings. The quantitative estimate of drug-likeness (QED) is 0.342. The van der Waals surface area contributed by atoms with E-state index in [2.05, 4.69) is 20.5 Å². The topological polar surface area (TPSA) is 171 Å². The molecular weight excluding hydrogens is 338 g/mol. The Morgan fingerprint density at radius 2 is 1.88 bits per heavy atom. The van der Waals surface area contributed by atoms with E-state index in [-0.39, 0.29) is 29.6 Å². The number of carbonyl (C=O) groups is 2. The van der Waals surface area contributed by atoms with Gasteiger partial charge in [-0.1, -0.05) is 12.1 Å². The second-order valence-corrected chi connectivity index (χ2v) is 5.23. The van der Waals surface area contributed by atoms with Crippen LogP contribution in [0.4, 0.5) is 23.0 Å². The number of hydrogen-bond donors (Lipinski definition) is 4. The van der Waals surface area contributed by atoms with Crippen molar-refractivity contribution >= 4 is 34.9 Å². The summed E-state index contributed by atoms with van der Waals surface area (Å²) in [5.74, 6) is -0.446. The average Bonchev–Trinajstić information content (AvgIpc) is 2.62. The van der Waals surface area contributed by atoms with Gasteiger partial charge in [-0.3, -0.25) is 4.79 Å². The molecule has 10 heteroatoms. The first-order valence-corrected chi connectivity index (χ1v) is 7.65. The number of pyridine rings is 1. The van der Waals surface area contributed by atoms with Crippen molar-refractivity contribution in [3.8, 4) is 5.75 Å². The van der Waals surface area contributed by atoms with Gasteiger partial charge >= 0.3 is 5.97 Å². The van der Waals surface area contributed by atoms with Crippen molar-refractivity contribution in [3.05, 3.63) is 36.4 Å². The lowest BCUT2D eigenvalue weighted by Crippen LogP contribution is -2.30. The predicted octanol–water partition coefficient (Wildman–Crippen LogP) is 1.23. The van der Waals surface area contributed by atoms with Crippen molar-refractivity contribution in [1.29, 1.82) is 0 Å². The lowest BCUT2D eigenvalue weighted by atomic mass is 10.3. The second-order valence-electron chi connectivity index (χ2n) is 5.23. The summed E-state index contributed by atoms with van der Waals surface area (Å²) in [6.45, 7) is 1.35. The minimum Gasteiger partial charge on any atom is -0.423 e. The highest BCUT2D eigenvalue weighted by Gasteiger charge is 2.13. The largest absolute Gasteiger partial charge is 0.423 e. The zero-order chi connectivity index (χ0) is 19.1. The molecule has 10 nitrogen and oxygen atoms in total. The van der Waals surface area contributed by atoms with Gasteiger partial charge < -0.3 is 27.3 Å². The van der Waals surface area contributed by atoms with Gasteiger partial charge in [0.1, 0.15) is 23.2 Å². The molecule has 0 spiro atoms. The Morgan fingerprint density at radius 1 is 1.19 bits per heavy atom. The number of rotatable bonds is 6. The summed E-state index contributed by atoms with van der Waals surface area (Å²) in [5.41, 5.74) is 17.1. The molecule has 1 aromatic heterocycles. The Kier molecular flexibility index (Phi) is 6.31. The van der Waals surface area contributed by atoms with E-state index in [1.807, 2.05) is 0 Å². The van der Waals surface area contributed by atoms with E-state index in [0.29, 0.717) is 5.69 Å². The summed E-state index contributed by atoms with van der Waals surface area (Å²) < 4.78 is 5.18. The number of ether oxygens (including phenoxy) is 1. The summed E-state index contributed by atoms with van der Waals surface area (Å²) in [6, 6.07) is 8.87. The first-order valence-electron chi connectivity index (χ1n) is 7.65. The summed E-state index contributed by atoms with van der Waals surface area (Å²) in [6.07, 6.45) is 0. The fourth-order valence-electron chi connectivity index (χ4n) is 1.75. The van der Waals surface area contributed by atoms with Crippen LogP contribution in [0.25, 0.3) is 0 Å². The third-order valence-electron chi connectivity index (χ3n) is 3.07. The van der Waals surface area contributed by atoms with Crippen LogP contribution in [-0.2, 0) is 9.59 Å². The third-order valence-corrected chi connectivity index (χ3v) is 3.07. The van der Waals surface area contributed by atoms with E-state index < -0.39 is 17.9 Å². The molecule has 1 aromatic carbocycles. The van der Waals surface area contributed by atoms with Crippen molar-refractivity contribution in [3.63, 3.8) is 0 Å². The van der Waals surface area contributed by atoms with Crippen LogP contribution in [0.1, 0.15) is 6.92 Å². The van der Waals surface area contributed by atoms with Crippen LogP contribution in [0.2, 0.25) is 0 Å². The van der Waals surface area contributed by atoms with E-state index in [1.165, 1.54) is 19.1 Å². The van der Waals surface area contributed by atoms with Gasteiger partial charge in [0.15, 0.2) is 11.6 Å². The zero-order valence-electron chi connectivity index (χ0n) is 14.0. The summed E-state index contributed by atoms with van der Waals surface area (Å²) >= 11 is 0. The minimum absolute atomic E-state index is 0.0635. The lowest BCUT2D eigenvalue weighted by Gasteiger charge is -2.08. The maximum atomic E-state index is 11.7. The molecule has 1 atom stereocenters. The number of para-hydroxylation sites is 1. The monoisotopic (exact) mass is 357 g/mol. The number of aromatic nitrogens is 1. The number of azo groups is 1. The van der Waals surface area contributed by atoms with Gasteiger partial charge in [-0.2, -0.15) is 0 Å². The summed E-state index contributed by atoms with van der Waals surface area (Å²) in [5, 5.41) is 10.5. The number of esters is 1. The number of nitrogen functional groups attached to an aromatic ring is 1. The smallest absolute Gasteiger partial charge is 0.328 e. The normalized spacial score (nSPS) is 12.0. The van der Waals surface area contributed by atoms with Gasteiger partial charge in [0, 0.05) is 0 Å². The Labute approximate surface area is 149 Å². The minimum atomic E-state index is -0.767. The molecule has 1 amide bonds. The van der Waals surface area contributed by atoms with Crippen LogP contribution in [-0.4, -0.2) is 29.4 Å². The average molecular weight is 357 g/mol. The van der Waals surface area contributed by atoms with Crippen molar-refractivity contribution in [1.82, 2.24) is 4.98 Å². The van der Waals surface area contributed by atoms with Crippen LogP contribution in [0.3, 0.4) is 0 Å².